The van der Waals surface area contributed by atoms with Crippen LogP contribution in [0.1, 0.15) is 31.7 Å². The van der Waals surface area contributed by atoms with Gasteiger partial charge < -0.3 is 20.1 Å². The fraction of sp³-hybridized carbons (Fsp3) is 0.526. The minimum atomic E-state index is -1.38. The third-order valence-electron chi connectivity index (χ3n) is 5.08. The highest BCUT2D eigenvalue weighted by Gasteiger charge is 2.46. The van der Waals surface area contributed by atoms with Gasteiger partial charge in [0.1, 0.15) is 0 Å². The van der Waals surface area contributed by atoms with Crippen LogP contribution in [0, 0.1) is 5.92 Å². The highest BCUT2D eigenvalue weighted by Crippen LogP contribution is 2.27. The van der Waals surface area contributed by atoms with Gasteiger partial charge in [0.25, 0.3) is 0 Å². The number of hydrogen-bond acceptors (Lipinski definition) is 4. The van der Waals surface area contributed by atoms with E-state index < -0.39 is 23.3 Å². The second-order valence-electron chi connectivity index (χ2n) is 7.00. The van der Waals surface area contributed by atoms with Crippen LogP contribution in [-0.2, 0) is 25.5 Å². The van der Waals surface area contributed by atoms with Gasteiger partial charge in [-0.1, -0.05) is 25.5 Å². The molecule has 2 saturated heterocycles. The average Bonchev–Trinajstić information content (AvgIpc) is 3.24. The Bertz CT molecular complexity index is 694. The number of rotatable bonds is 6. The lowest BCUT2D eigenvalue weighted by molar-refractivity contribution is -0.148. The standard InChI is InChI=1S/C19H24N2O5/c1-2-3-13-4-6-15(7-5-13)21-11-14(10-16(21)22)17(23)20-19(18(24)25)8-9-26-12-19/h4-7,14H,2-3,8-12H2,1H3,(H,20,23)(H,24,25). The first kappa shape index (κ1) is 18.4. The number of nitrogens with zero attached hydrogens (tertiary/aromatic N) is 1. The van der Waals surface area contributed by atoms with E-state index in [1.165, 1.54) is 5.56 Å². The average molecular weight is 360 g/mol. The highest BCUT2D eigenvalue weighted by molar-refractivity contribution is 6.01. The maximum atomic E-state index is 12.6. The van der Waals surface area contributed by atoms with Crippen LogP contribution >= 0.6 is 0 Å². The second kappa shape index (κ2) is 7.45. The van der Waals surface area contributed by atoms with E-state index in [1.54, 1.807) is 4.90 Å². The first-order valence-electron chi connectivity index (χ1n) is 8.97. The van der Waals surface area contributed by atoms with Crippen LogP contribution in [-0.4, -0.2) is 48.2 Å². The molecule has 140 valence electrons. The monoisotopic (exact) mass is 360 g/mol. The Labute approximate surface area is 152 Å². The number of carboxylic acids is 1. The fourth-order valence-corrected chi connectivity index (χ4v) is 3.49. The molecule has 2 fully saturated rings. The molecule has 0 spiro atoms. The summed E-state index contributed by atoms with van der Waals surface area (Å²) in [5, 5.41) is 12.0. The molecule has 2 aliphatic heterocycles. The van der Waals surface area contributed by atoms with Gasteiger partial charge in [0.05, 0.1) is 12.5 Å². The Kier molecular flexibility index (Phi) is 5.27. The van der Waals surface area contributed by atoms with Crippen molar-refractivity contribution >= 4 is 23.5 Å². The van der Waals surface area contributed by atoms with E-state index >= 15 is 0 Å². The fourth-order valence-electron chi connectivity index (χ4n) is 3.49. The van der Waals surface area contributed by atoms with Crippen molar-refractivity contribution in [2.75, 3.05) is 24.7 Å². The Balaban J connectivity index is 1.67. The summed E-state index contributed by atoms with van der Waals surface area (Å²) in [6.07, 6.45) is 2.36. The van der Waals surface area contributed by atoms with Gasteiger partial charge in [0, 0.05) is 31.7 Å². The molecule has 2 amide bonds. The van der Waals surface area contributed by atoms with Crippen LogP contribution < -0.4 is 10.2 Å². The summed E-state index contributed by atoms with van der Waals surface area (Å²) >= 11 is 0. The molecule has 3 rings (SSSR count). The van der Waals surface area contributed by atoms with Crippen molar-refractivity contribution in [3.05, 3.63) is 29.8 Å². The summed E-state index contributed by atoms with van der Waals surface area (Å²) in [7, 11) is 0. The summed E-state index contributed by atoms with van der Waals surface area (Å²) in [5.41, 5.74) is 0.596. The zero-order chi connectivity index (χ0) is 18.7. The first-order valence-corrected chi connectivity index (χ1v) is 8.97. The number of benzene rings is 1. The Morgan fingerprint density at radius 2 is 2.08 bits per heavy atom. The molecule has 1 aromatic rings. The van der Waals surface area contributed by atoms with E-state index in [0.29, 0.717) is 6.61 Å². The molecule has 7 heteroatoms. The van der Waals surface area contributed by atoms with E-state index in [0.717, 1.165) is 18.5 Å². The number of carbonyl (C=O) groups is 3. The number of aliphatic carboxylic acids is 1. The molecular formula is C19H24N2O5. The lowest BCUT2D eigenvalue weighted by Gasteiger charge is -2.25. The van der Waals surface area contributed by atoms with Crippen molar-refractivity contribution in [2.45, 2.75) is 38.1 Å². The van der Waals surface area contributed by atoms with E-state index in [4.69, 9.17) is 4.74 Å². The van der Waals surface area contributed by atoms with Crippen LogP contribution in [0.2, 0.25) is 0 Å². The van der Waals surface area contributed by atoms with Crippen molar-refractivity contribution in [1.82, 2.24) is 5.32 Å². The molecule has 7 nitrogen and oxygen atoms in total. The minimum absolute atomic E-state index is 0.0443. The van der Waals surface area contributed by atoms with Gasteiger partial charge in [-0.25, -0.2) is 4.79 Å². The van der Waals surface area contributed by atoms with Crippen LogP contribution in [0.25, 0.3) is 0 Å². The van der Waals surface area contributed by atoms with E-state index in [-0.39, 0.29) is 31.9 Å². The molecule has 1 aromatic carbocycles. The quantitative estimate of drug-likeness (QED) is 0.798. The topological polar surface area (TPSA) is 95.9 Å². The number of aryl methyl sites for hydroxylation is 1. The minimum Gasteiger partial charge on any atom is -0.479 e. The molecule has 2 heterocycles. The molecule has 0 aliphatic carbocycles. The third kappa shape index (κ3) is 3.58. The molecule has 0 saturated carbocycles. The molecule has 0 aromatic heterocycles. The van der Waals surface area contributed by atoms with Crippen molar-refractivity contribution in [3.8, 4) is 0 Å². The maximum Gasteiger partial charge on any atom is 0.331 e. The van der Waals surface area contributed by atoms with Gasteiger partial charge in [-0.2, -0.15) is 0 Å². The summed E-state index contributed by atoms with van der Waals surface area (Å²) in [4.78, 5) is 38.1. The number of anilines is 1. The zero-order valence-corrected chi connectivity index (χ0v) is 14.9. The number of carbonyl (C=O) groups excluding carboxylic acids is 2. The smallest absolute Gasteiger partial charge is 0.331 e. The summed E-state index contributed by atoms with van der Waals surface area (Å²) in [5.74, 6) is -2.19. The lowest BCUT2D eigenvalue weighted by Crippen LogP contribution is -2.56. The van der Waals surface area contributed by atoms with E-state index in [9.17, 15) is 19.5 Å². The van der Waals surface area contributed by atoms with Gasteiger partial charge in [0.2, 0.25) is 11.8 Å². The van der Waals surface area contributed by atoms with E-state index in [1.807, 2.05) is 24.3 Å². The van der Waals surface area contributed by atoms with Crippen molar-refractivity contribution < 1.29 is 24.2 Å². The first-order chi connectivity index (χ1) is 12.4. The van der Waals surface area contributed by atoms with E-state index in [2.05, 4.69) is 12.2 Å². The number of nitrogens with one attached hydrogen (secondary N) is 1. The van der Waals surface area contributed by atoms with Gasteiger partial charge in [-0.05, 0) is 24.1 Å². The van der Waals surface area contributed by atoms with Gasteiger partial charge in [-0.3, -0.25) is 9.59 Å². The number of hydrogen-bond donors (Lipinski definition) is 2. The molecule has 2 atom stereocenters. The second-order valence-corrected chi connectivity index (χ2v) is 7.00. The van der Waals surface area contributed by atoms with Gasteiger partial charge in [-0.15, -0.1) is 0 Å². The summed E-state index contributed by atoms with van der Waals surface area (Å²) < 4.78 is 5.15. The largest absolute Gasteiger partial charge is 0.479 e. The van der Waals surface area contributed by atoms with Crippen molar-refractivity contribution in [3.63, 3.8) is 0 Å². The zero-order valence-electron chi connectivity index (χ0n) is 14.9. The SMILES string of the molecule is CCCc1ccc(N2CC(C(=O)NC3(C(=O)O)CCOC3)CC2=O)cc1. The number of carboxylic acid groups (broad SMARTS) is 1. The maximum absolute atomic E-state index is 12.6. The molecule has 26 heavy (non-hydrogen) atoms. The van der Waals surface area contributed by atoms with Crippen LogP contribution in [0.4, 0.5) is 5.69 Å². The molecule has 0 bridgehead atoms. The lowest BCUT2D eigenvalue weighted by atomic mass is 9.97. The van der Waals surface area contributed by atoms with Crippen LogP contribution in [0.15, 0.2) is 24.3 Å². The van der Waals surface area contributed by atoms with Crippen molar-refractivity contribution in [1.29, 1.82) is 0 Å². The highest BCUT2D eigenvalue weighted by atomic mass is 16.5. The molecule has 2 unspecified atom stereocenters. The summed E-state index contributed by atoms with van der Waals surface area (Å²) in [6.45, 7) is 2.62. The molecular weight excluding hydrogens is 336 g/mol. The predicted octanol–water partition coefficient (Wildman–Crippen LogP) is 1.35. The predicted molar refractivity (Wildman–Crippen MR) is 94.8 cm³/mol. The van der Waals surface area contributed by atoms with Gasteiger partial charge in [0.15, 0.2) is 5.54 Å². The molecule has 2 N–H and O–H groups in total. The number of ether oxygens (including phenoxy) is 1. The molecule has 0 radical (unpaired) electrons. The summed E-state index contributed by atoms with van der Waals surface area (Å²) in [6, 6.07) is 7.78. The Hall–Kier alpha value is -2.41. The van der Waals surface area contributed by atoms with Crippen LogP contribution in [0.5, 0.6) is 0 Å². The molecule has 2 aliphatic rings. The Morgan fingerprint density at radius 3 is 2.65 bits per heavy atom. The third-order valence-corrected chi connectivity index (χ3v) is 5.08. The number of amides is 2. The normalized spacial score (nSPS) is 25.5. The van der Waals surface area contributed by atoms with Crippen molar-refractivity contribution in [2.24, 2.45) is 5.92 Å². The van der Waals surface area contributed by atoms with Crippen LogP contribution in [0.3, 0.4) is 0 Å². The van der Waals surface area contributed by atoms with Gasteiger partial charge >= 0.3 is 5.97 Å². The Morgan fingerprint density at radius 1 is 1.35 bits per heavy atom.